The van der Waals surface area contributed by atoms with Gasteiger partial charge in [0, 0.05) is 28.8 Å². The number of nitro groups is 1. The maximum absolute atomic E-state index is 12.9. The first-order valence-electron chi connectivity index (χ1n) is 7.90. The van der Waals surface area contributed by atoms with Gasteiger partial charge in [-0.2, -0.15) is 0 Å². The first kappa shape index (κ1) is 18.3. The van der Waals surface area contributed by atoms with Gasteiger partial charge in [0.2, 0.25) is 0 Å². The molecule has 6 nitrogen and oxygen atoms in total. The van der Waals surface area contributed by atoms with Crippen LogP contribution >= 0.6 is 23.1 Å². The summed E-state index contributed by atoms with van der Waals surface area (Å²) in [6, 6.07) is 6.61. The van der Waals surface area contributed by atoms with E-state index in [0.29, 0.717) is 33.2 Å². The van der Waals surface area contributed by atoms with Gasteiger partial charge in [0.25, 0.3) is 11.2 Å². The molecule has 0 atom stereocenters. The molecule has 0 aliphatic rings. The van der Waals surface area contributed by atoms with E-state index in [1.807, 2.05) is 13.8 Å². The van der Waals surface area contributed by atoms with Crippen LogP contribution in [0.15, 0.2) is 46.9 Å². The van der Waals surface area contributed by atoms with Gasteiger partial charge >= 0.3 is 0 Å². The quantitative estimate of drug-likeness (QED) is 0.205. The Bertz CT molecular complexity index is 1070. The van der Waals surface area contributed by atoms with Crippen LogP contribution in [0, 0.1) is 24.0 Å². The third-order valence-electron chi connectivity index (χ3n) is 4.11. The second kappa shape index (κ2) is 7.43. The number of hydrogen-bond donors (Lipinski definition) is 0. The second-order valence-electron chi connectivity index (χ2n) is 5.74. The van der Waals surface area contributed by atoms with Crippen molar-refractivity contribution in [3.8, 4) is 0 Å². The predicted octanol–water partition coefficient (Wildman–Crippen LogP) is 4.46. The molecule has 0 saturated heterocycles. The molecule has 0 aliphatic heterocycles. The summed E-state index contributed by atoms with van der Waals surface area (Å²) in [6.07, 6.45) is 1.65. The molecule has 26 heavy (non-hydrogen) atoms. The summed E-state index contributed by atoms with van der Waals surface area (Å²) in [4.78, 5) is 30.1. The van der Waals surface area contributed by atoms with Crippen LogP contribution in [0.4, 0.5) is 5.69 Å². The number of thiophene rings is 1. The number of rotatable bonds is 6. The Labute approximate surface area is 158 Å². The first-order valence-corrected chi connectivity index (χ1v) is 9.70. The van der Waals surface area contributed by atoms with Crippen LogP contribution in [0.25, 0.3) is 10.2 Å². The molecule has 0 aliphatic carbocycles. The minimum atomic E-state index is -0.394. The number of allylic oxidation sites excluding steroid dienone is 1. The second-order valence-corrected chi connectivity index (χ2v) is 7.88. The molecule has 8 heteroatoms. The Morgan fingerprint density at radius 3 is 2.81 bits per heavy atom. The van der Waals surface area contributed by atoms with Crippen molar-refractivity contribution in [1.82, 2.24) is 9.55 Å². The van der Waals surface area contributed by atoms with Crippen LogP contribution < -0.4 is 5.56 Å². The summed E-state index contributed by atoms with van der Waals surface area (Å²) >= 11 is 2.81. The Kier molecular flexibility index (Phi) is 5.24. The zero-order chi connectivity index (χ0) is 18.8. The first-order chi connectivity index (χ1) is 12.4. The molecular formula is C18H17N3O3S2. The van der Waals surface area contributed by atoms with Crippen molar-refractivity contribution in [2.45, 2.75) is 31.3 Å². The molecule has 0 saturated carbocycles. The molecule has 0 radical (unpaired) electrons. The molecule has 2 aromatic heterocycles. The fourth-order valence-electron chi connectivity index (χ4n) is 2.66. The van der Waals surface area contributed by atoms with E-state index in [-0.39, 0.29) is 11.2 Å². The lowest BCUT2D eigenvalue weighted by molar-refractivity contribution is -0.385. The third-order valence-corrected chi connectivity index (χ3v) is 6.24. The lowest BCUT2D eigenvalue weighted by Gasteiger charge is -2.10. The van der Waals surface area contributed by atoms with E-state index in [1.165, 1.54) is 29.2 Å². The minimum absolute atomic E-state index is 0.0708. The number of aromatic nitrogens is 2. The standard InChI is InChI=1S/C18H17N3O3S2/c1-4-9-20-17(22)15-11(2)12(3)26-16(15)19-18(20)25-10-13-7-5-6-8-14(13)21(23)24/h4-8H,1,9-10H2,2-3H3. The van der Waals surface area contributed by atoms with Crippen molar-refractivity contribution in [3.05, 3.63) is 73.4 Å². The molecule has 3 rings (SSSR count). The number of nitro benzene ring substituents is 1. The largest absolute Gasteiger partial charge is 0.283 e. The molecule has 0 bridgehead atoms. The normalized spacial score (nSPS) is 11.0. The number of thioether (sulfide) groups is 1. The van der Waals surface area contributed by atoms with E-state index >= 15 is 0 Å². The SMILES string of the molecule is C=CCn1c(SCc2ccccc2[N+](=O)[O-])nc2sc(C)c(C)c2c1=O. The molecule has 2 heterocycles. The molecule has 0 spiro atoms. The summed E-state index contributed by atoms with van der Waals surface area (Å²) in [5, 5.41) is 12.4. The van der Waals surface area contributed by atoms with E-state index < -0.39 is 4.92 Å². The molecule has 134 valence electrons. The third kappa shape index (κ3) is 3.30. The highest BCUT2D eigenvalue weighted by Crippen LogP contribution is 2.31. The maximum atomic E-state index is 12.9. The Morgan fingerprint density at radius 1 is 1.38 bits per heavy atom. The number of fused-ring (bicyclic) bond motifs is 1. The van der Waals surface area contributed by atoms with E-state index in [9.17, 15) is 14.9 Å². The number of nitrogens with zero attached hydrogens (tertiary/aromatic N) is 3. The van der Waals surface area contributed by atoms with Crippen LogP contribution in [0.5, 0.6) is 0 Å². The van der Waals surface area contributed by atoms with E-state index in [1.54, 1.807) is 28.8 Å². The minimum Gasteiger partial charge on any atom is -0.283 e. The zero-order valence-corrected chi connectivity index (χ0v) is 16.0. The molecular weight excluding hydrogens is 370 g/mol. The van der Waals surface area contributed by atoms with Crippen LogP contribution in [0.2, 0.25) is 0 Å². The molecule has 0 unspecified atom stereocenters. The van der Waals surface area contributed by atoms with Gasteiger partial charge in [-0.15, -0.1) is 17.9 Å². The maximum Gasteiger partial charge on any atom is 0.273 e. The Hall–Kier alpha value is -2.45. The van der Waals surface area contributed by atoms with Gasteiger partial charge in [-0.3, -0.25) is 19.5 Å². The summed E-state index contributed by atoms with van der Waals surface area (Å²) in [5.74, 6) is 0.357. The van der Waals surface area contributed by atoms with Crippen molar-refractivity contribution in [1.29, 1.82) is 0 Å². The lowest BCUT2D eigenvalue weighted by atomic mass is 10.2. The van der Waals surface area contributed by atoms with Gasteiger partial charge in [0.05, 0.1) is 10.3 Å². The van der Waals surface area contributed by atoms with E-state index in [4.69, 9.17) is 0 Å². The lowest BCUT2D eigenvalue weighted by Crippen LogP contribution is -2.22. The average Bonchev–Trinajstić information content (AvgIpc) is 2.90. The molecule has 1 aromatic carbocycles. The molecule has 0 amide bonds. The number of aryl methyl sites for hydroxylation is 2. The van der Waals surface area contributed by atoms with Gasteiger partial charge in [-0.25, -0.2) is 4.98 Å². The summed E-state index contributed by atoms with van der Waals surface area (Å²) in [7, 11) is 0. The van der Waals surface area contributed by atoms with Crippen LogP contribution in [-0.2, 0) is 12.3 Å². The van der Waals surface area contributed by atoms with Gasteiger partial charge in [-0.1, -0.05) is 36.0 Å². The number of hydrogen-bond acceptors (Lipinski definition) is 6. The van der Waals surface area contributed by atoms with Crippen molar-refractivity contribution >= 4 is 39.0 Å². The van der Waals surface area contributed by atoms with E-state index in [2.05, 4.69) is 11.6 Å². The van der Waals surface area contributed by atoms with E-state index in [0.717, 1.165) is 10.4 Å². The van der Waals surface area contributed by atoms with Crippen LogP contribution in [0.3, 0.4) is 0 Å². The zero-order valence-electron chi connectivity index (χ0n) is 14.4. The Balaban J connectivity index is 2.05. The number of benzene rings is 1. The van der Waals surface area contributed by atoms with Gasteiger partial charge in [0.1, 0.15) is 4.83 Å². The summed E-state index contributed by atoms with van der Waals surface area (Å²) in [6.45, 7) is 7.96. The average molecular weight is 387 g/mol. The number of para-hydroxylation sites is 1. The topological polar surface area (TPSA) is 78.0 Å². The summed E-state index contributed by atoms with van der Waals surface area (Å²) < 4.78 is 1.58. The fourth-order valence-corrected chi connectivity index (χ4v) is 4.74. The van der Waals surface area contributed by atoms with Crippen LogP contribution in [-0.4, -0.2) is 14.5 Å². The molecule has 0 N–H and O–H groups in total. The molecule has 0 fully saturated rings. The van der Waals surface area contributed by atoms with Gasteiger partial charge in [-0.05, 0) is 19.4 Å². The van der Waals surface area contributed by atoms with Crippen molar-refractivity contribution < 1.29 is 4.92 Å². The van der Waals surface area contributed by atoms with Crippen molar-refractivity contribution in [2.75, 3.05) is 0 Å². The van der Waals surface area contributed by atoms with Crippen molar-refractivity contribution in [3.63, 3.8) is 0 Å². The summed E-state index contributed by atoms with van der Waals surface area (Å²) in [5.41, 5.74) is 1.53. The highest BCUT2D eigenvalue weighted by Gasteiger charge is 2.18. The van der Waals surface area contributed by atoms with Crippen LogP contribution in [0.1, 0.15) is 16.0 Å². The smallest absolute Gasteiger partial charge is 0.273 e. The highest BCUT2D eigenvalue weighted by atomic mass is 32.2. The van der Waals surface area contributed by atoms with Crippen molar-refractivity contribution in [2.24, 2.45) is 0 Å². The highest BCUT2D eigenvalue weighted by molar-refractivity contribution is 7.98. The fraction of sp³-hybridized carbons (Fsp3) is 0.222. The van der Waals surface area contributed by atoms with Gasteiger partial charge in [0.15, 0.2) is 5.16 Å². The van der Waals surface area contributed by atoms with Gasteiger partial charge < -0.3 is 0 Å². The predicted molar refractivity (Wildman–Crippen MR) is 106 cm³/mol. The monoisotopic (exact) mass is 387 g/mol. The molecule has 3 aromatic rings. The Morgan fingerprint density at radius 2 is 2.12 bits per heavy atom.